The Hall–Kier alpha value is -1.10. The Bertz CT molecular complexity index is 237. The molecule has 1 rings (SSSR count). The van der Waals surface area contributed by atoms with Crippen molar-refractivity contribution in [1.82, 2.24) is 10.2 Å². The SMILES string of the molecule is CCCCNC(=O)CC(=O)N1CCOCC1. The van der Waals surface area contributed by atoms with Gasteiger partial charge in [-0.1, -0.05) is 13.3 Å². The Morgan fingerprint density at radius 1 is 1.31 bits per heavy atom. The molecule has 0 atom stereocenters. The molecule has 5 nitrogen and oxygen atoms in total. The largest absolute Gasteiger partial charge is 0.378 e. The normalized spacial score (nSPS) is 15.9. The van der Waals surface area contributed by atoms with Gasteiger partial charge in [-0.15, -0.1) is 0 Å². The number of ether oxygens (including phenoxy) is 1. The molecule has 2 amide bonds. The molecule has 0 radical (unpaired) electrons. The molecule has 1 fully saturated rings. The summed E-state index contributed by atoms with van der Waals surface area (Å²) in [5.74, 6) is -0.276. The third-order valence-electron chi connectivity index (χ3n) is 2.53. The summed E-state index contributed by atoms with van der Waals surface area (Å²) in [4.78, 5) is 24.7. The van der Waals surface area contributed by atoms with E-state index in [4.69, 9.17) is 4.74 Å². The Kier molecular flexibility index (Phi) is 5.85. The van der Waals surface area contributed by atoms with E-state index in [-0.39, 0.29) is 18.2 Å². The lowest BCUT2D eigenvalue weighted by molar-refractivity contribution is -0.139. The van der Waals surface area contributed by atoms with Crippen molar-refractivity contribution in [2.75, 3.05) is 32.8 Å². The van der Waals surface area contributed by atoms with Gasteiger partial charge in [-0.05, 0) is 6.42 Å². The number of nitrogens with one attached hydrogen (secondary N) is 1. The number of unbranched alkanes of at least 4 members (excludes halogenated alkanes) is 1. The van der Waals surface area contributed by atoms with Gasteiger partial charge in [0.25, 0.3) is 0 Å². The molecule has 0 saturated carbocycles. The molecule has 0 aromatic heterocycles. The molecule has 0 spiro atoms. The van der Waals surface area contributed by atoms with Crippen molar-refractivity contribution >= 4 is 11.8 Å². The van der Waals surface area contributed by atoms with E-state index in [9.17, 15) is 9.59 Å². The summed E-state index contributed by atoms with van der Waals surface area (Å²) in [6.07, 6.45) is 1.96. The molecule has 5 heteroatoms. The second kappa shape index (κ2) is 7.22. The number of nitrogens with zero attached hydrogens (tertiary/aromatic N) is 1. The Morgan fingerprint density at radius 2 is 2.00 bits per heavy atom. The van der Waals surface area contributed by atoms with Crippen molar-refractivity contribution in [3.8, 4) is 0 Å². The monoisotopic (exact) mass is 228 g/mol. The molecule has 92 valence electrons. The minimum Gasteiger partial charge on any atom is -0.378 e. The Balaban J connectivity index is 2.19. The molecular formula is C11H20N2O3. The van der Waals surface area contributed by atoms with Crippen molar-refractivity contribution in [3.63, 3.8) is 0 Å². The molecule has 16 heavy (non-hydrogen) atoms. The third-order valence-corrected chi connectivity index (χ3v) is 2.53. The first-order valence-electron chi connectivity index (χ1n) is 5.86. The lowest BCUT2D eigenvalue weighted by atomic mass is 10.3. The highest BCUT2D eigenvalue weighted by atomic mass is 16.5. The first-order chi connectivity index (χ1) is 7.74. The average molecular weight is 228 g/mol. The maximum atomic E-state index is 11.7. The van der Waals surface area contributed by atoms with Gasteiger partial charge in [0.2, 0.25) is 11.8 Å². The van der Waals surface area contributed by atoms with E-state index < -0.39 is 0 Å². The van der Waals surface area contributed by atoms with Gasteiger partial charge in [-0.3, -0.25) is 9.59 Å². The molecule has 0 bridgehead atoms. The van der Waals surface area contributed by atoms with E-state index in [0.717, 1.165) is 12.8 Å². The summed E-state index contributed by atoms with van der Waals surface area (Å²) in [6, 6.07) is 0. The number of hydrogen-bond acceptors (Lipinski definition) is 3. The van der Waals surface area contributed by atoms with Crippen LogP contribution in [0.15, 0.2) is 0 Å². The highest BCUT2D eigenvalue weighted by Gasteiger charge is 2.18. The summed E-state index contributed by atoms with van der Waals surface area (Å²) in [6.45, 7) is 5.06. The highest BCUT2D eigenvalue weighted by molar-refractivity contribution is 5.96. The van der Waals surface area contributed by atoms with Crippen LogP contribution in [0.3, 0.4) is 0 Å². The van der Waals surface area contributed by atoms with Crippen LogP contribution < -0.4 is 5.32 Å². The van der Waals surface area contributed by atoms with Gasteiger partial charge in [0.15, 0.2) is 0 Å². The Labute approximate surface area is 96.1 Å². The zero-order valence-corrected chi connectivity index (χ0v) is 9.83. The standard InChI is InChI=1S/C11H20N2O3/c1-2-3-4-12-10(14)9-11(15)13-5-7-16-8-6-13/h2-9H2,1H3,(H,12,14). The van der Waals surface area contributed by atoms with Crippen LogP contribution in [0.25, 0.3) is 0 Å². The number of morpholine rings is 1. The summed E-state index contributed by atoms with van der Waals surface area (Å²) in [5.41, 5.74) is 0. The van der Waals surface area contributed by atoms with Gasteiger partial charge in [-0.25, -0.2) is 0 Å². The summed E-state index contributed by atoms with van der Waals surface area (Å²) in [7, 11) is 0. The topological polar surface area (TPSA) is 58.6 Å². The second-order valence-electron chi connectivity index (χ2n) is 3.87. The number of hydrogen-bond donors (Lipinski definition) is 1. The van der Waals surface area contributed by atoms with Gasteiger partial charge >= 0.3 is 0 Å². The van der Waals surface area contributed by atoms with Crippen LogP contribution in [0.2, 0.25) is 0 Å². The van der Waals surface area contributed by atoms with E-state index in [1.807, 2.05) is 0 Å². The Morgan fingerprint density at radius 3 is 2.62 bits per heavy atom. The molecule has 1 heterocycles. The van der Waals surface area contributed by atoms with Crippen LogP contribution in [0, 0.1) is 0 Å². The smallest absolute Gasteiger partial charge is 0.232 e. The number of amides is 2. The van der Waals surface area contributed by atoms with Gasteiger partial charge in [0.1, 0.15) is 6.42 Å². The molecule has 1 saturated heterocycles. The lowest BCUT2D eigenvalue weighted by Gasteiger charge is -2.26. The lowest BCUT2D eigenvalue weighted by Crippen LogP contribution is -2.42. The van der Waals surface area contributed by atoms with Crippen molar-refractivity contribution in [3.05, 3.63) is 0 Å². The van der Waals surface area contributed by atoms with E-state index in [1.165, 1.54) is 0 Å². The van der Waals surface area contributed by atoms with Gasteiger partial charge in [0.05, 0.1) is 13.2 Å². The van der Waals surface area contributed by atoms with E-state index in [2.05, 4.69) is 12.2 Å². The van der Waals surface area contributed by atoms with Crippen molar-refractivity contribution in [2.45, 2.75) is 26.2 Å². The maximum Gasteiger partial charge on any atom is 0.232 e. The highest BCUT2D eigenvalue weighted by Crippen LogP contribution is 2.00. The predicted octanol–water partition coefficient (Wildman–Crippen LogP) is 0.152. The summed E-state index contributed by atoms with van der Waals surface area (Å²) in [5, 5.41) is 2.74. The molecule has 0 aliphatic carbocycles. The van der Waals surface area contributed by atoms with E-state index in [0.29, 0.717) is 32.8 Å². The van der Waals surface area contributed by atoms with Crippen molar-refractivity contribution in [1.29, 1.82) is 0 Å². The molecular weight excluding hydrogens is 208 g/mol. The van der Waals surface area contributed by atoms with Gasteiger partial charge in [-0.2, -0.15) is 0 Å². The fourth-order valence-corrected chi connectivity index (χ4v) is 1.53. The first kappa shape index (κ1) is 13.0. The van der Waals surface area contributed by atoms with E-state index >= 15 is 0 Å². The van der Waals surface area contributed by atoms with Crippen LogP contribution in [0.1, 0.15) is 26.2 Å². The van der Waals surface area contributed by atoms with Gasteiger partial charge in [0, 0.05) is 19.6 Å². The molecule has 0 aromatic rings. The van der Waals surface area contributed by atoms with Crippen LogP contribution in [0.4, 0.5) is 0 Å². The zero-order chi connectivity index (χ0) is 11.8. The molecule has 0 aromatic carbocycles. The third kappa shape index (κ3) is 4.61. The fraction of sp³-hybridized carbons (Fsp3) is 0.818. The van der Waals surface area contributed by atoms with Crippen LogP contribution in [0.5, 0.6) is 0 Å². The quantitative estimate of drug-likeness (QED) is 0.538. The summed E-state index contributed by atoms with van der Waals surface area (Å²) < 4.78 is 5.14. The molecule has 1 N–H and O–H groups in total. The van der Waals surface area contributed by atoms with Crippen LogP contribution >= 0.6 is 0 Å². The van der Waals surface area contributed by atoms with Crippen molar-refractivity contribution in [2.24, 2.45) is 0 Å². The van der Waals surface area contributed by atoms with Crippen LogP contribution in [-0.4, -0.2) is 49.6 Å². The predicted molar refractivity (Wildman–Crippen MR) is 59.9 cm³/mol. The van der Waals surface area contributed by atoms with E-state index in [1.54, 1.807) is 4.90 Å². The number of carbonyl (C=O) groups is 2. The number of rotatable bonds is 5. The fourth-order valence-electron chi connectivity index (χ4n) is 1.53. The van der Waals surface area contributed by atoms with Crippen molar-refractivity contribution < 1.29 is 14.3 Å². The molecule has 1 aliphatic heterocycles. The molecule has 0 unspecified atom stereocenters. The van der Waals surface area contributed by atoms with Gasteiger partial charge < -0.3 is 15.0 Å². The zero-order valence-electron chi connectivity index (χ0n) is 9.83. The average Bonchev–Trinajstić information content (AvgIpc) is 2.30. The van der Waals surface area contributed by atoms with Crippen LogP contribution in [-0.2, 0) is 14.3 Å². The second-order valence-corrected chi connectivity index (χ2v) is 3.87. The summed E-state index contributed by atoms with van der Waals surface area (Å²) >= 11 is 0. The first-order valence-corrected chi connectivity index (χ1v) is 5.86. The minimum absolute atomic E-state index is 0.0380. The maximum absolute atomic E-state index is 11.7. The molecule has 1 aliphatic rings. The number of carbonyl (C=O) groups excluding carboxylic acids is 2. The minimum atomic E-state index is -0.176.